The van der Waals surface area contributed by atoms with Crippen LogP contribution in [0.1, 0.15) is 38.2 Å². The van der Waals surface area contributed by atoms with Gasteiger partial charge in [-0.05, 0) is 50.3 Å². The van der Waals surface area contributed by atoms with Crippen molar-refractivity contribution in [3.8, 4) is 5.75 Å². The molecule has 1 aliphatic rings. The SMILES string of the molecule is CCC1CCCCN1C(=O)Nc1cc(C)ccc1OC. The maximum Gasteiger partial charge on any atom is 0.322 e. The maximum atomic E-state index is 12.5. The van der Waals surface area contributed by atoms with Crippen LogP contribution in [0.4, 0.5) is 10.5 Å². The van der Waals surface area contributed by atoms with Crippen LogP contribution in [0.25, 0.3) is 0 Å². The summed E-state index contributed by atoms with van der Waals surface area (Å²) >= 11 is 0. The molecule has 1 aliphatic heterocycles. The molecule has 4 heteroatoms. The second-order valence-corrected chi connectivity index (χ2v) is 5.39. The van der Waals surface area contributed by atoms with Crippen LogP contribution in [-0.2, 0) is 0 Å². The Morgan fingerprint density at radius 3 is 2.95 bits per heavy atom. The average molecular weight is 276 g/mol. The molecular weight excluding hydrogens is 252 g/mol. The molecule has 1 saturated heterocycles. The lowest BCUT2D eigenvalue weighted by atomic mass is 10.0. The summed E-state index contributed by atoms with van der Waals surface area (Å²) in [4.78, 5) is 14.4. The molecule has 0 spiro atoms. The number of piperidine rings is 1. The summed E-state index contributed by atoms with van der Waals surface area (Å²) in [5.41, 5.74) is 1.85. The van der Waals surface area contributed by atoms with Crippen LogP contribution in [-0.4, -0.2) is 30.6 Å². The largest absolute Gasteiger partial charge is 0.495 e. The van der Waals surface area contributed by atoms with Crippen molar-refractivity contribution in [3.05, 3.63) is 23.8 Å². The lowest BCUT2D eigenvalue weighted by Crippen LogP contribution is -2.45. The van der Waals surface area contributed by atoms with Crippen LogP contribution in [0.5, 0.6) is 5.75 Å². The minimum absolute atomic E-state index is 0.0135. The van der Waals surface area contributed by atoms with Crippen molar-refractivity contribution in [2.75, 3.05) is 19.0 Å². The first-order valence-electron chi connectivity index (χ1n) is 7.38. The van der Waals surface area contributed by atoms with Gasteiger partial charge in [-0.3, -0.25) is 0 Å². The summed E-state index contributed by atoms with van der Waals surface area (Å²) in [6, 6.07) is 6.16. The predicted octanol–water partition coefficient (Wildman–Crippen LogP) is 3.80. The van der Waals surface area contributed by atoms with E-state index in [0.29, 0.717) is 11.8 Å². The van der Waals surface area contributed by atoms with Crippen LogP contribution in [0.2, 0.25) is 0 Å². The highest BCUT2D eigenvalue weighted by Crippen LogP contribution is 2.27. The van der Waals surface area contributed by atoms with E-state index in [4.69, 9.17) is 4.74 Å². The molecule has 20 heavy (non-hydrogen) atoms. The number of anilines is 1. The van der Waals surface area contributed by atoms with Crippen molar-refractivity contribution >= 4 is 11.7 Å². The highest BCUT2D eigenvalue weighted by molar-refractivity contribution is 5.91. The molecule has 1 fully saturated rings. The van der Waals surface area contributed by atoms with Crippen molar-refractivity contribution in [2.24, 2.45) is 0 Å². The molecule has 1 unspecified atom stereocenters. The van der Waals surface area contributed by atoms with Crippen molar-refractivity contribution in [1.29, 1.82) is 0 Å². The average Bonchev–Trinajstić information content (AvgIpc) is 2.47. The smallest absolute Gasteiger partial charge is 0.322 e. The third kappa shape index (κ3) is 3.24. The number of hydrogen-bond donors (Lipinski definition) is 1. The van der Waals surface area contributed by atoms with Gasteiger partial charge in [-0.2, -0.15) is 0 Å². The summed E-state index contributed by atoms with van der Waals surface area (Å²) < 4.78 is 5.31. The Hall–Kier alpha value is -1.71. The van der Waals surface area contributed by atoms with Gasteiger partial charge in [-0.25, -0.2) is 4.79 Å². The van der Waals surface area contributed by atoms with E-state index in [-0.39, 0.29) is 6.03 Å². The van der Waals surface area contributed by atoms with Gasteiger partial charge in [0.2, 0.25) is 0 Å². The van der Waals surface area contributed by atoms with E-state index >= 15 is 0 Å². The highest BCUT2D eigenvalue weighted by atomic mass is 16.5. The summed E-state index contributed by atoms with van der Waals surface area (Å²) in [5, 5.41) is 3.00. The topological polar surface area (TPSA) is 41.6 Å². The molecule has 4 nitrogen and oxygen atoms in total. The number of hydrogen-bond acceptors (Lipinski definition) is 2. The first-order valence-corrected chi connectivity index (χ1v) is 7.38. The van der Waals surface area contributed by atoms with Gasteiger partial charge in [0.1, 0.15) is 5.75 Å². The van der Waals surface area contributed by atoms with E-state index in [1.54, 1.807) is 7.11 Å². The number of carbonyl (C=O) groups excluding carboxylic acids is 1. The van der Waals surface area contributed by atoms with Crippen LogP contribution >= 0.6 is 0 Å². The standard InChI is InChI=1S/C16H24N2O2/c1-4-13-7-5-6-10-18(13)16(19)17-14-11-12(2)8-9-15(14)20-3/h8-9,11,13H,4-7,10H2,1-3H3,(H,17,19). The predicted molar refractivity (Wildman–Crippen MR) is 81.4 cm³/mol. The van der Waals surface area contributed by atoms with Crippen molar-refractivity contribution < 1.29 is 9.53 Å². The fourth-order valence-corrected chi connectivity index (χ4v) is 2.80. The van der Waals surface area contributed by atoms with Crippen LogP contribution < -0.4 is 10.1 Å². The number of carbonyl (C=O) groups is 1. The number of rotatable bonds is 3. The molecule has 0 aromatic heterocycles. The second kappa shape index (κ2) is 6.64. The van der Waals surface area contributed by atoms with Gasteiger partial charge in [0.15, 0.2) is 0 Å². The number of nitrogens with zero attached hydrogens (tertiary/aromatic N) is 1. The van der Waals surface area contributed by atoms with Gasteiger partial charge in [0.25, 0.3) is 0 Å². The number of benzene rings is 1. The Morgan fingerprint density at radius 2 is 2.25 bits per heavy atom. The number of aryl methyl sites for hydroxylation is 1. The van der Waals surface area contributed by atoms with Gasteiger partial charge in [0, 0.05) is 12.6 Å². The Labute approximate surface area is 121 Å². The van der Waals surface area contributed by atoms with Crippen molar-refractivity contribution in [3.63, 3.8) is 0 Å². The van der Waals surface area contributed by atoms with Gasteiger partial charge >= 0.3 is 6.03 Å². The first-order chi connectivity index (χ1) is 9.65. The number of likely N-dealkylation sites (tertiary alicyclic amines) is 1. The lowest BCUT2D eigenvalue weighted by Gasteiger charge is -2.35. The van der Waals surface area contributed by atoms with E-state index < -0.39 is 0 Å². The Bertz CT molecular complexity index is 474. The molecule has 1 aromatic rings. The molecule has 2 rings (SSSR count). The van der Waals surface area contributed by atoms with E-state index in [2.05, 4.69) is 12.2 Å². The van der Waals surface area contributed by atoms with Crippen LogP contribution in [0.15, 0.2) is 18.2 Å². The summed E-state index contributed by atoms with van der Waals surface area (Å²) in [7, 11) is 1.62. The third-order valence-corrected chi connectivity index (χ3v) is 3.96. The Morgan fingerprint density at radius 1 is 1.45 bits per heavy atom. The van der Waals surface area contributed by atoms with E-state index in [1.807, 2.05) is 30.0 Å². The first kappa shape index (κ1) is 14.7. The van der Waals surface area contributed by atoms with Crippen molar-refractivity contribution in [1.82, 2.24) is 4.90 Å². The monoisotopic (exact) mass is 276 g/mol. The molecule has 0 bridgehead atoms. The summed E-state index contributed by atoms with van der Waals surface area (Å²) in [5.74, 6) is 0.703. The summed E-state index contributed by atoms with van der Waals surface area (Å²) in [6.07, 6.45) is 4.43. The van der Waals surface area contributed by atoms with Crippen LogP contribution in [0.3, 0.4) is 0 Å². The van der Waals surface area contributed by atoms with Gasteiger partial charge in [0.05, 0.1) is 12.8 Å². The molecule has 0 radical (unpaired) electrons. The normalized spacial score (nSPS) is 18.8. The number of amides is 2. The molecule has 1 heterocycles. The summed E-state index contributed by atoms with van der Waals surface area (Å²) in [6.45, 7) is 4.99. The second-order valence-electron chi connectivity index (χ2n) is 5.39. The zero-order chi connectivity index (χ0) is 14.5. The third-order valence-electron chi connectivity index (χ3n) is 3.96. The van der Waals surface area contributed by atoms with Gasteiger partial charge in [-0.1, -0.05) is 13.0 Å². The van der Waals surface area contributed by atoms with Gasteiger partial charge < -0.3 is 15.0 Å². The molecule has 1 aromatic carbocycles. The van der Waals surface area contributed by atoms with Gasteiger partial charge in [-0.15, -0.1) is 0 Å². The number of urea groups is 1. The maximum absolute atomic E-state index is 12.5. The van der Waals surface area contributed by atoms with E-state index in [1.165, 1.54) is 6.42 Å². The Kier molecular flexibility index (Phi) is 4.88. The molecule has 1 atom stereocenters. The van der Waals surface area contributed by atoms with E-state index in [0.717, 1.165) is 37.1 Å². The number of ether oxygens (including phenoxy) is 1. The molecule has 0 saturated carbocycles. The minimum atomic E-state index is -0.0135. The number of methoxy groups -OCH3 is 1. The molecule has 110 valence electrons. The fraction of sp³-hybridized carbons (Fsp3) is 0.562. The van der Waals surface area contributed by atoms with Crippen LogP contribution in [0, 0.1) is 6.92 Å². The lowest BCUT2D eigenvalue weighted by molar-refractivity contribution is 0.160. The van der Waals surface area contributed by atoms with Crippen molar-refractivity contribution in [2.45, 2.75) is 45.6 Å². The highest BCUT2D eigenvalue weighted by Gasteiger charge is 2.25. The zero-order valence-corrected chi connectivity index (χ0v) is 12.6. The molecule has 2 amide bonds. The zero-order valence-electron chi connectivity index (χ0n) is 12.6. The molecule has 1 N–H and O–H groups in total. The molecular formula is C16H24N2O2. The quantitative estimate of drug-likeness (QED) is 0.912. The fourth-order valence-electron chi connectivity index (χ4n) is 2.80. The number of nitrogens with one attached hydrogen (secondary N) is 1. The molecule has 0 aliphatic carbocycles. The minimum Gasteiger partial charge on any atom is -0.495 e. The van der Waals surface area contributed by atoms with E-state index in [9.17, 15) is 4.79 Å². The Balaban J connectivity index is 2.12.